The molecule has 1 aliphatic carbocycles. The first kappa shape index (κ1) is 38.0. The van der Waals surface area contributed by atoms with Crippen molar-refractivity contribution in [3.8, 4) is 56.7 Å². The Morgan fingerprint density at radius 3 is 1.72 bits per heavy atom. The van der Waals surface area contributed by atoms with E-state index in [0.717, 1.165) is 67.3 Å². The van der Waals surface area contributed by atoms with Crippen LogP contribution in [-0.2, 0) is 6.42 Å². The molecule has 320 valence electrons. The van der Waals surface area contributed by atoms with E-state index in [1.165, 1.54) is 65.3 Å². The van der Waals surface area contributed by atoms with Crippen molar-refractivity contribution in [1.82, 2.24) is 24.1 Å². The molecule has 69 heavy (non-hydrogen) atoms. The van der Waals surface area contributed by atoms with Crippen molar-refractivity contribution in [3.05, 3.63) is 236 Å². The molecular formula is C64H39N5. The van der Waals surface area contributed by atoms with Crippen LogP contribution in [0.4, 0.5) is 0 Å². The fourth-order valence-electron chi connectivity index (χ4n) is 11.4. The third kappa shape index (κ3) is 5.74. The van der Waals surface area contributed by atoms with Gasteiger partial charge in [-0.1, -0.05) is 164 Å². The Morgan fingerprint density at radius 1 is 0.319 bits per heavy atom. The Bertz CT molecular complexity index is 4450. The van der Waals surface area contributed by atoms with Gasteiger partial charge in [0.15, 0.2) is 17.5 Å². The van der Waals surface area contributed by atoms with Crippen molar-refractivity contribution in [2.24, 2.45) is 0 Å². The van der Waals surface area contributed by atoms with Gasteiger partial charge in [0, 0.05) is 49.5 Å². The smallest absolute Gasteiger partial charge is 0.164 e. The van der Waals surface area contributed by atoms with Crippen molar-refractivity contribution < 1.29 is 0 Å². The lowest BCUT2D eigenvalue weighted by atomic mass is 9.97. The maximum absolute atomic E-state index is 5.55. The summed E-state index contributed by atoms with van der Waals surface area (Å²) in [7, 11) is 0. The zero-order chi connectivity index (χ0) is 45.2. The lowest BCUT2D eigenvalue weighted by molar-refractivity contribution is 1.07. The molecule has 1 aliphatic rings. The average molecular weight is 878 g/mol. The number of hydrogen-bond acceptors (Lipinski definition) is 3. The van der Waals surface area contributed by atoms with Gasteiger partial charge in [-0.3, -0.25) is 0 Å². The van der Waals surface area contributed by atoms with Crippen LogP contribution in [0.3, 0.4) is 0 Å². The zero-order valence-electron chi connectivity index (χ0n) is 37.3. The molecule has 0 fully saturated rings. The lowest BCUT2D eigenvalue weighted by Crippen LogP contribution is -2.03. The first-order valence-electron chi connectivity index (χ1n) is 23.6. The largest absolute Gasteiger partial charge is 0.309 e. The summed E-state index contributed by atoms with van der Waals surface area (Å²) < 4.78 is 4.87. The van der Waals surface area contributed by atoms with Crippen LogP contribution < -0.4 is 0 Å². The summed E-state index contributed by atoms with van der Waals surface area (Å²) in [5.41, 5.74) is 14.7. The van der Waals surface area contributed by atoms with Crippen molar-refractivity contribution in [1.29, 1.82) is 0 Å². The minimum Gasteiger partial charge on any atom is -0.309 e. The highest BCUT2D eigenvalue weighted by atomic mass is 15.0. The molecular weight excluding hydrogens is 839 g/mol. The van der Waals surface area contributed by atoms with Gasteiger partial charge in [0.2, 0.25) is 0 Å². The van der Waals surface area contributed by atoms with Crippen LogP contribution in [0.15, 0.2) is 224 Å². The van der Waals surface area contributed by atoms with Crippen LogP contribution in [0.5, 0.6) is 0 Å². The summed E-state index contributed by atoms with van der Waals surface area (Å²) in [6.45, 7) is 0. The fraction of sp³-hybridized carbons (Fsp3) is 0.0156. The number of nitrogens with zero attached hydrogens (tertiary/aromatic N) is 5. The molecule has 5 heteroatoms. The summed E-state index contributed by atoms with van der Waals surface area (Å²) in [6.07, 6.45) is 0.793. The SMILES string of the molecule is c1ccc(-c2nc(-c3cc4c(c(-n5c6cc7ccccc7cc6c6c7ccccc7ccc65)c3)-c3cc5ccccc5cc3C4)nc(-c3cccc4c3c3ccccc3n4-c3ccccc3)n2)cc1. The normalized spacial score (nSPS) is 12.3. The van der Waals surface area contributed by atoms with Gasteiger partial charge < -0.3 is 9.13 Å². The van der Waals surface area contributed by atoms with E-state index in [1.807, 2.05) is 6.07 Å². The molecule has 3 aromatic heterocycles. The van der Waals surface area contributed by atoms with Crippen LogP contribution in [0.25, 0.3) is 133 Å². The van der Waals surface area contributed by atoms with Crippen LogP contribution >= 0.6 is 0 Å². The number of para-hydroxylation sites is 2. The summed E-state index contributed by atoms with van der Waals surface area (Å²) in [5.74, 6) is 1.89. The first-order valence-corrected chi connectivity index (χ1v) is 23.6. The number of rotatable bonds is 5. The Morgan fingerprint density at radius 2 is 0.928 bits per heavy atom. The van der Waals surface area contributed by atoms with Gasteiger partial charge in [0.05, 0.1) is 27.8 Å². The Balaban J connectivity index is 1.04. The van der Waals surface area contributed by atoms with Gasteiger partial charge in [-0.05, 0) is 116 Å². The van der Waals surface area contributed by atoms with E-state index in [0.29, 0.717) is 17.5 Å². The molecule has 0 radical (unpaired) electrons. The third-order valence-electron chi connectivity index (χ3n) is 14.5. The van der Waals surface area contributed by atoms with E-state index in [2.05, 4.69) is 228 Å². The van der Waals surface area contributed by atoms with E-state index >= 15 is 0 Å². The maximum Gasteiger partial charge on any atom is 0.164 e. The molecule has 5 nitrogen and oxygen atoms in total. The van der Waals surface area contributed by atoms with E-state index in [1.54, 1.807) is 0 Å². The van der Waals surface area contributed by atoms with Crippen LogP contribution in [0.1, 0.15) is 11.1 Å². The van der Waals surface area contributed by atoms with Gasteiger partial charge >= 0.3 is 0 Å². The van der Waals surface area contributed by atoms with Crippen molar-refractivity contribution in [2.45, 2.75) is 6.42 Å². The average Bonchev–Trinajstić information content (AvgIpc) is 4.06. The summed E-state index contributed by atoms with van der Waals surface area (Å²) in [5, 5.41) is 12.1. The predicted octanol–water partition coefficient (Wildman–Crippen LogP) is 16.1. The van der Waals surface area contributed by atoms with Crippen LogP contribution in [0.2, 0.25) is 0 Å². The number of fused-ring (bicyclic) bond motifs is 13. The summed E-state index contributed by atoms with van der Waals surface area (Å²) in [4.78, 5) is 16.3. The van der Waals surface area contributed by atoms with E-state index in [9.17, 15) is 0 Å². The van der Waals surface area contributed by atoms with Crippen molar-refractivity contribution >= 4 is 75.9 Å². The first-order chi connectivity index (χ1) is 34.2. The highest BCUT2D eigenvalue weighted by Gasteiger charge is 2.28. The highest BCUT2D eigenvalue weighted by Crippen LogP contribution is 2.48. The topological polar surface area (TPSA) is 48.5 Å². The monoisotopic (exact) mass is 877 g/mol. The minimum atomic E-state index is 0.629. The second-order valence-corrected chi connectivity index (χ2v) is 18.4. The molecule has 0 atom stereocenters. The third-order valence-corrected chi connectivity index (χ3v) is 14.5. The molecule has 0 amide bonds. The quantitative estimate of drug-likeness (QED) is 0.173. The Hall–Kier alpha value is -9.19. The standard InChI is InChI=1S/C64H39N5/c1-3-17-40(18-4-1)62-65-63(67-64(66-62)51-27-15-29-55-61(51)50-26-13-14-28-54(50)68(55)48-23-5-2-6-24-48)47-34-46-33-45-32-41-19-7-8-20-42(41)35-52(45)59(46)58(38-47)69-56-31-30-39-16-11-12-25-49(39)60(56)53-36-43-21-9-10-22-44(43)37-57(53)69/h1-32,34-38H,33H2. The minimum absolute atomic E-state index is 0.629. The van der Waals surface area contributed by atoms with E-state index in [-0.39, 0.29) is 0 Å². The summed E-state index contributed by atoms with van der Waals surface area (Å²) >= 11 is 0. The summed E-state index contributed by atoms with van der Waals surface area (Å²) in [6, 6.07) is 81.2. The lowest BCUT2D eigenvalue weighted by Gasteiger charge is -2.17. The highest BCUT2D eigenvalue weighted by molar-refractivity contribution is 6.23. The molecule has 0 spiro atoms. The molecule has 0 aliphatic heterocycles. The number of benzene rings is 11. The van der Waals surface area contributed by atoms with Gasteiger partial charge in [-0.25, -0.2) is 15.0 Å². The molecule has 0 saturated carbocycles. The molecule has 15 rings (SSSR count). The van der Waals surface area contributed by atoms with Crippen molar-refractivity contribution in [2.75, 3.05) is 0 Å². The maximum atomic E-state index is 5.55. The van der Waals surface area contributed by atoms with Gasteiger partial charge in [0.1, 0.15) is 0 Å². The Labute approximate surface area is 396 Å². The second-order valence-electron chi connectivity index (χ2n) is 18.4. The van der Waals surface area contributed by atoms with E-state index in [4.69, 9.17) is 15.0 Å². The molecule has 14 aromatic rings. The molecule has 0 unspecified atom stereocenters. The number of hydrogen-bond donors (Lipinski definition) is 0. The fourth-order valence-corrected chi connectivity index (χ4v) is 11.4. The second kappa shape index (κ2) is 14.7. The zero-order valence-corrected chi connectivity index (χ0v) is 37.3. The Kier molecular flexibility index (Phi) is 8.06. The molecule has 11 aromatic carbocycles. The van der Waals surface area contributed by atoms with Gasteiger partial charge in [-0.15, -0.1) is 0 Å². The van der Waals surface area contributed by atoms with Crippen molar-refractivity contribution in [3.63, 3.8) is 0 Å². The van der Waals surface area contributed by atoms with Gasteiger partial charge in [-0.2, -0.15) is 0 Å². The molecule has 0 N–H and O–H groups in total. The van der Waals surface area contributed by atoms with E-state index < -0.39 is 0 Å². The van der Waals surface area contributed by atoms with Crippen LogP contribution in [0, 0.1) is 0 Å². The van der Waals surface area contributed by atoms with Crippen LogP contribution in [-0.4, -0.2) is 24.1 Å². The van der Waals surface area contributed by atoms with Gasteiger partial charge in [0.25, 0.3) is 0 Å². The molecule has 0 bridgehead atoms. The number of aromatic nitrogens is 5. The molecule has 3 heterocycles. The molecule has 0 saturated heterocycles. The predicted molar refractivity (Wildman–Crippen MR) is 286 cm³/mol.